The largest absolute Gasteiger partial charge is 0.493 e. The molecule has 1 saturated heterocycles. The van der Waals surface area contributed by atoms with E-state index >= 15 is 0 Å². The Hall–Kier alpha value is -1.46. The summed E-state index contributed by atoms with van der Waals surface area (Å²) in [5.41, 5.74) is 7.18. The Balaban J connectivity index is 2.11. The molecule has 124 valence electrons. The number of hydrogen-bond donors (Lipinski definition) is 1. The maximum atomic E-state index is 6.02. The fourth-order valence-electron chi connectivity index (χ4n) is 3.05. The fraction of sp³-hybridized carbons (Fsp3) is 0.647. The lowest BCUT2D eigenvalue weighted by Gasteiger charge is -2.42. The molecule has 0 aromatic heterocycles. The molecule has 1 fully saturated rings. The Kier molecular flexibility index (Phi) is 6.34. The first-order chi connectivity index (χ1) is 10.7. The molecule has 5 heteroatoms. The number of nitrogens with two attached hydrogens (primary N) is 1. The molecule has 0 radical (unpaired) electrons. The number of ether oxygens (including phenoxy) is 2. The van der Waals surface area contributed by atoms with Gasteiger partial charge in [0, 0.05) is 37.9 Å². The van der Waals surface area contributed by atoms with E-state index in [9.17, 15) is 0 Å². The summed E-state index contributed by atoms with van der Waals surface area (Å²) in [5, 5.41) is 0. The number of methoxy groups -OCH3 is 2. The van der Waals surface area contributed by atoms with Gasteiger partial charge in [-0.05, 0) is 25.1 Å². The van der Waals surface area contributed by atoms with E-state index in [0.717, 1.165) is 36.8 Å². The predicted molar refractivity (Wildman–Crippen MR) is 91.1 cm³/mol. The smallest absolute Gasteiger partial charge is 0.162 e. The van der Waals surface area contributed by atoms with Gasteiger partial charge in [-0.15, -0.1) is 0 Å². The first-order valence-corrected chi connectivity index (χ1v) is 8.14. The number of hydrogen-bond acceptors (Lipinski definition) is 5. The highest BCUT2D eigenvalue weighted by atomic mass is 16.5. The van der Waals surface area contributed by atoms with Gasteiger partial charge in [-0.1, -0.05) is 13.3 Å². The predicted octanol–water partition coefficient (Wildman–Crippen LogP) is 1.95. The van der Waals surface area contributed by atoms with Crippen LogP contribution in [0.1, 0.15) is 19.8 Å². The van der Waals surface area contributed by atoms with Crippen LogP contribution in [0.3, 0.4) is 0 Å². The zero-order valence-electron chi connectivity index (χ0n) is 14.0. The molecule has 0 aliphatic carbocycles. The Morgan fingerprint density at radius 3 is 2.59 bits per heavy atom. The summed E-state index contributed by atoms with van der Waals surface area (Å²) in [6, 6.07) is 6.45. The third kappa shape index (κ3) is 3.84. The molecule has 1 aromatic rings. The van der Waals surface area contributed by atoms with E-state index in [1.165, 1.54) is 19.4 Å². The SMILES string of the molecule is CCCCN1CCN(c2ccc(OC)c(OC)c2)C(CN)C1. The normalized spacial score (nSPS) is 19.3. The minimum atomic E-state index is 0.351. The second-order valence-electron chi connectivity index (χ2n) is 5.78. The van der Waals surface area contributed by atoms with Crippen LogP contribution in [0.15, 0.2) is 18.2 Å². The number of unbranched alkanes of at least 4 members (excludes halogenated alkanes) is 1. The lowest BCUT2D eigenvalue weighted by Crippen LogP contribution is -2.56. The third-order valence-corrected chi connectivity index (χ3v) is 4.37. The van der Waals surface area contributed by atoms with Crippen molar-refractivity contribution in [2.75, 3.05) is 51.8 Å². The van der Waals surface area contributed by atoms with Gasteiger partial charge in [0.1, 0.15) is 0 Å². The second kappa shape index (κ2) is 8.25. The van der Waals surface area contributed by atoms with Crippen LogP contribution in [0.4, 0.5) is 5.69 Å². The van der Waals surface area contributed by atoms with Crippen LogP contribution in [0.25, 0.3) is 0 Å². The van der Waals surface area contributed by atoms with Gasteiger partial charge in [0.25, 0.3) is 0 Å². The van der Waals surface area contributed by atoms with Crippen molar-refractivity contribution in [2.45, 2.75) is 25.8 Å². The van der Waals surface area contributed by atoms with Crippen LogP contribution in [0, 0.1) is 0 Å². The topological polar surface area (TPSA) is 51.0 Å². The van der Waals surface area contributed by atoms with E-state index < -0.39 is 0 Å². The van der Waals surface area contributed by atoms with Crippen molar-refractivity contribution in [1.29, 1.82) is 0 Å². The van der Waals surface area contributed by atoms with Gasteiger partial charge >= 0.3 is 0 Å². The molecule has 1 aliphatic rings. The molecule has 1 aliphatic heterocycles. The molecule has 0 amide bonds. The summed E-state index contributed by atoms with van der Waals surface area (Å²) < 4.78 is 10.7. The first kappa shape index (κ1) is 16.9. The van der Waals surface area contributed by atoms with Crippen LogP contribution >= 0.6 is 0 Å². The van der Waals surface area contributed by atoms with Crippen LogP contribution in [-0.2, 0) is 0 Å². The quantitative estimate of drug-likeness (QED) is 0.834. The monoisotopic (exact) mass is 307 g/mol. The van der Waals surface area contributed by atoms with E-state index in [-0.39, 0.29) is 0 Å². The molecular weight excluding hydrogens is 278 g/mol. The van der Waals surface area contributed by atoms with E-state index in [1.54, 1.807) is 14.2 Å². The fourth-order valence-corrected chi connectivity index (χ4v) is 3.05. The number of rotatable bonds is 7. The maximum Gasteiger partial charge on any atom is 0.162 e. The molecule has 2 rings (SSSR count). The zero-order valence-corrected chi connectivity index (χ0v) is 14.0. The van der Waals surface area contributed by atoms with Crippen molar-refractivity contribution in [3.63, 3.8) is 0 Å². The third-order valence-electron chi connectivity index (χ3n) is 4.37. The van der Waals surface area contributed by atoms with Crippen molar-refractivity contribution in [2.24, 2.45) is 5.73 Å². The molecule has 22 heavy (non-hydrogen) atoms. The average Bonchev–Trinajstić information content (AvgIpc) is 2.58. The number of anilines is 1. The van der Waals surface area contributed by atoms with Gasteiger partial charge in [-0.25, -0.2) is 0 Å². The number of piperazine rings is 1. The molecule has 1 aromatic carbocycles. The van der Waals surface area contributed by atoms with Crippen molar-refractivity contribution < 1.29 is 9.47 Å². The summed E-state index contributed by atoms with van der Waals surface area (Å²) in [5.74, 6) is 1.53. The summed E-state index contributed by atoms with van der Waals surface area (Å²) in [4.78, 5) is 4.92. The Bertz CT molecular complexity index is 467. The van der Waals surface area contributed by atoms with Gasteiger partial charge in [-0.3, -0.25) is 4.90 Å². The van der Waals surface area contributed by atoms with Crippen molar-refractivity contribution in [3.8, 4) is 11.5 Å². The second-order valence-corrected chi connectivity index (χ2v) is 5.78. The Labute approximate surface area is 134 Å². The lowest BCUT2D eigenvalue weighted by molar-refractivity contribution is 0.221. The van der Waals surface area contributed by atoms with Gasteiger partial charge in [0.15, 0.2) is 11.5 Å². The molecule has 1 heterocycles. The summed E-state index contributed by atoms with van der Waals surface area (Å²) >= 11 is 0. The Morgan fingerprint density at radius 1 is 1.18 bits per heavy atom. The Morgan fingerprint density at radius 2 is 1.95 bits per heavy atom. The van der Waals surface area contributed by atoms with Crippen molar-refractivity contribution in [3.05, 3.63) is 18.2 Å². The van der Waals surface area contributed by atoms with Gasteiger partial charge < -0.3 is 20.1 Å². The minimum Gasteiger partial charge on any atom is -0.493 e. The zero-order chi connectivity index (χ0) is 15.9. The van der Waals surface area contributed by atoms with Crippen molar-refractivity contribution in [1.82, 2.24) is 4.90 Å². The van der Waals surface area contributed by atoms with E-state index in [1.807, 2.05) is 12.1 Å². The van der Waals surface area contributed by atoms with Crippen LogP contribution in [-0.4, -0.2) is 57.9 Å². The van der Waals surface area contributed by atoms with E-state index in [4.69, 9.17) is 15.2 Å². The molecule has 1 atom stereocenters. The minimum absolute atomic E-state index is 0.351. The molecular formula is C17H29N3O2. The van der Waals surface area contributed by atoms with Crippen molar-refractivity contribution >= 4 is 5.69 Å². The van der Waals surface area contributed by atoms with Crippen LogP contribution in [0.2, 0.25) is 0 Å². The highest BCUT2D eigenvalue weighted by Crippen LogP contribution is 2.32. The number of benzene rings is 1. The summed E-state index contributed by atoms with van der Waals surface area (Å²) in [6.45, 7) is 7.20. The van der Waals surface area contributed by atoms with Gasteiger partial charge in [0.2, 0.25) is 0 Å². The van der Waals surface area contributed by atoms with Crippen LogP contribution < -0.4 is 20.1 Å². The van der Waals surface area contributed by atoms with E-state index in [2.05, 4.69) is 22.8 Å². The number of nitrogens with zero attached hydrogens (tertiary/aromatic N) is 2. The first-order valence-electron chi connectivity index (χ1n) is 8.14. The van der Waals surface area contributed by atoms with Crippen LogP contribution in [0.5, 0.6) is 11.5 Å². The van der Waals surface area contributed by atoms with Gasteiger partial charge in [-0.2, -0.15) is 0 Å². The molecule has 0 saturated carbocycles. The maximum absolute atomic E-state index is 6.02. The van der Waals surface area contributed by atoms with Gasteiger partial charge in [0.05, 0.1) is 20.3 Å². The molecule has 2 N–H and O–H groups in total. The highest BCUT2D eigenvalue weighted by molar-refractivity contribution is 5.57. The summed E-state index contributed by atoms with van der Waals surface area (Å²) in [6.07, 6.45) is 2.50. The molecule has 5 nitrogen and oxygen atoms in total. The molecule has 0 bridgehead atoms. The molecule has 0 spiro atoms. The molecule has 1 unspecified atom stereocenters. The lowest BCUT2D eigenvalue weighted by atomic mass is 10.1. The van der Waals surface area contributed by atoms with E-state index in [0.29, 0.717) is 12.6 Å². The standard InChI is InChI=1S/C17H29N3O2/c1-4-5-8-19-9-10-20(15(12-18)13-19)14-6-7-16(21-2)17(11-14)22-3/h6-7,11,15H,4-5,8-10,12-13,18H2,1-3H3. The average molecular weight is 307 g/mol. The highest BCUT2D eigenvalue weighted by Gasteiger charge is 2.26. The summed E-state index contributed by atoms with van der Waals surface area (Å²) in [7, 11) is 3.33.